The minimum absolute atomic E-state index is 0.0953. The molecule has 0 bridgehead atoms. The molecule has 0 amide bonds. The number of rotatable bonds is 6. The van der Waals surface area contributed by atoms with Crippen molar-refractivity contribution in [3.05, 3.63) is 45.8 Å². The van der Waals surface area contributed by atoms with Crippen LogP contribution in [0.25, 0.3) is 21.3 Å². The number of nitrogens with zero attached hydrogens (tertiary/aromatic N) is 2. The van der Waals surface area contributed by atoms with E-state index in [2.05, 4.69) is 9.72 Å². The number of carbonyl (C=O) groups excluding carboxylic acids is 1. The quantitative estimate of drug-likeness (QED) is 0.620. The fourth-order valence-corrected chi connectivity index (χ4v) is 3.92. The average Bonchev–Trinajstić information content (AvgIpc) is 3.00. The lowest BCUT2D eigenvalue weighted by atomic mass is 10.0. The number of thiophene rings is 1. The molecule has 7 heteroatoms. The molecule has 2 heterocycles. The lowest BCUT2D eigenvalue weighted by Gasteiger charge is -2.07. The Balaban J connectivity index is 2.04. The van der Waals surface area contributed by atoms with Crippen LogP contribution in [0.1, 0.15) is 17.7 Å². The zero-order chi connectivity index (χ0) is 18.7. The SMILES string of the molecule is COC(=O)CCCn1cnc2sc(C)c(-c3cccc(OC)c3)c2c1=O. The molecule has 0 radical (unpaired) electrons. The Morgan fingerprint density at radius 3 is 2.85 bits per heavy atom. The second kappa shape index (κ2) is 7.70. The molecule has 0 aliphatic heterocycles. The second-order valence-corrected chi connectivity index (χ2v) is 7.07. The van der Waals surface area contributed by atoms with E-state index < -0.39 is 0 Å². The Hall–Kier alpha value is -2.67. The highest BCUT2D eigenvalue weighted by Crippen LogP contribution is 2.36. The van der Waals surface area contributed by atoms with Crippen molar-refractivity contribution in [1.29, 1.82) is 0 Å². The van der Waals surface area contributed by atoms with E-state index in [1.54, 1.807) is 18.0 Å². The van der Waals surface area contributed by atoms with Gasteiger partial charge in [-0.05, 0) is 31.0 Å². The molecule has 3 aromatic rings. The maximum atomic E-state index is 13.0. The van der Waals surface area contributed by atoms with Crippen molar-refractivity contribution in [2.24, 2.45) is 0 Å². The van der Waals surface area contributed by atoms with Crippen LogP contribution in [-0.2, 0) is 16.1 Å². The minimum Gasteiger partial charge on any atom is -0.497 e. The Morgan fingerprint density at radius 2 is 2.12 bits per heavy atom. The molecular weight excluding hydrogens is 352 g/mol. The predicted octanol–water partition coefficient (Wildman–Crippen LogP) is 3.40. The normalized spacial score (nSPS) is 10.9. The maximum Gasteiger partial charge on any atom is 0.305 e. The van der Waals surface area contributed by atoms with Crippen molar-refractivity contribution in [2.45, 2.75) is 26.3 Å². The first-order chi connectivity index (χ1) is 12.5. The van der Waals surface area contributed by atoms with Crippen LogP contribution in [-0.4, -0.2) is 29.7 Å². The van der Waals surface area contributed by atoms with Crippen LogP contribution in [0, 0.1) is 6.92 Å². The first-order valence-corrected chi connectivity index (χ1v) is 9.06. The van der Waals surface area contributed by atoms with E-state index in [0.29, 0.717) is 18.4 Å². The lowest BCUT2D eigenvalue weighted by molar-refractivity contribution is -0.140. The molecule has 0 saturated carbocycles. The molecule has 0 atom stereocenters. The van der Waals surface area contributed by atoms with E-state index in [1.165, 1.54) is 18.4 Å². The van der Waals surface area contributed by atoms with Gasteiger partial charge in [-0.15, -0.1) is 11.3 Å². The molecule has 0 spiro atoms. The summed E-state index contributed by atoms with van der Waals surface area (Å²) < 4.78 is 11.5. The van der Waals surface area contributed by atoms with Crippen molar-refractivity contribution in [3.8, 4) is 16.9 Å². The third kappa shape index (κ3) is 3.48. The van der Waals surface area contributed by atoms with Gasteiger partial charge in [-0.25, -0.2) is 4.98 Å². The largest absolute Gasteiger partial charge is 0.497 e. The number of hydrogen-bond acceptors (Lipinski definition) is 6. The van der Waals surface area contributed by atoms with Crippen molar-refractivity contribution in [3.63, 3.8) is 0 Å². The summed E-state index contributed by atoms with van der Waals surface area (Å²) in [6.07, 6.45) is 2.34. The van der Waals surface area contributed by atoms with Crippen molar-refractivity contribution >= 4 is 27.5 Å². The van der Waals surface area contributed by atoms with Crippen LogP contribution in [0.15, 0.2) is 35.4 Å². The van der Waals surface area contributed by atoms with Gasteiger partial charge in [0.2, 0.25) is 0 Å². The summed E-state index contributed by atoms with van der Waals surface area (Å²) >= 11 is 1.50. The van der Waals surface area contributed by atoms with Crippen LogP contribution < -0.4 is 10.3 Å². The van der Waals surface area contributed by atoms with Gasteiger partial charge in [0, 0.05) is 23.4 Å². The molecular formula is C19H20N2O4S. The first kappa shape index (κ1) is 18.1. The minimum atomic E-state index is -0.282. The smallest absolute Gasteiger partial charge is 0.305 e. The van der Waals surface area contributed by atoms with Crippen LogP contribution in [0.2, 0.25) is 0 Å². The van der Waals surface area contributed by atoms with E-state index in [9.17, 15) is 9.59 Å². The number of benzene rings is 1. The molecule has 0 unspecified atom stereocenters. The third-order valence-corrected chi connectivity index (χ3v) is 5.23. The first-order valence-electron chi connectivity index (χ1n) is 8.25. The molecule has 0 fully saturated rings. The van der Waals surface area contributed by atoms with E-state index in [0.717, 1.165) is 26.6 Å². The van der Waals surface area contributed by atoms with E-state index in [4.69, 9.17) is 4.74 Å². The summed E-state index contributed by atoms with van der Waals surface area (Å²) in [6.45, 7) is 2.41. The number of aromatic nitrogens is 2. The number of carbonyl (C=O) groups is 1. The van der Waals surface area contributed by atoms with Crippen molar-refractivity contribution < 1.29 is 14.3 Å². The Morgan fingerprint density at radius 1 is 1.31 bits per heavy atom. The van der Waals surface area contributed by atoms with Gasteiger partial charge in [0.05, 0.1) is 25.9 Å². The van der Waals surface area contributed by atoms with Gasteiger partial charge in [0.1, 0.15) is 10.6 Å². The fraction of sp³-hybridized carbons (Fsp3) is 0.316. The molecule has 0 saturated heterocycles. The number of methoxy groups -OCH3 is 2. The molecule has 0 aliphatic carbocycles. The van der Waals surface area contributed by atoms with Crippen molar-refractivity contribution in [1.82, 2.24) is 9.55 Å². The van der Waals surface area contributed by atoms with Crippen LogP contribution in [0.5, 0.6) is 5.75 Å². The fourth-order valence-electron chi connectivity index (χ4n) is 2.92. The van der Waals surface area contributed by atoms with Gasteiger partial charge in [-0.1, -0.05) is 12.1 Å². The van der Waals surface area contributed by atoms with Gasteiger partial charge in [-0.2, -0.15) is 0 Å². The van der Waals surface area contributed by atoms with Gasteiger partial charge >= 0.3 is 5.97 Å². The van der Waals surface area contributed by atoms with E-state index in [1.807, 2.05) is 31.2 Å². The zero-order valence-electron chi connectivity index (χ0n) is 14.9. The number of ether oxygens (including phenoxy) is 2. The molecule has 0 N–H and O–H groups in total. The van der Waals surface area contributed by atoms with Crippen LogP contribution >= 0.6 is 11.3 Å². The molecule has 26 heavy (non-hydrogen) atoms. The summed E-state index contributed by atoms with van der Waals surface area (Å²) in [6, 6.07) is 7.66. The van der Waals surface area contributed by atoms with Crippen molar-refractivity contribution in [2.75, 3.05) is 14.2 Å². The summed E-state index contributed by atoms with van der Waals surface area (Å²) in [4.78, 5) is 30.5. The molecule has 3 rings (SSSR count). The van der Waals surface area contributed by atoms with Crippen LogP contribution in [0.4, 0.5) is 0 Å². The zero-order valence-corrected chi connectivity index (χ0v) is 15.8. The highest BCUT2D eigenvalue weighted by Gasteiger charge is 2.17. The van der Waals surface area contributed by atoms with Gasteiger partial charge < -0.3 is 9.47 Å². The summed E-state index contributed by atoms with van der Waals surface area (Å²) in [5.74, 6) is 0.457. The van der Waals surface area contributed by atoms with Crippen LogP contribution in [0.3, 0.4) is 0 Å². The molecule has 2 aromatic heterocycles. The van der Waals surface area contributed by atoms with Gasteiger partial charge in [0.25, 0.3) is 5.56 Å². The Kier molecular flexibility index (Phi) is 5.37. The standard InChI is InChI=1S/C19H20N2O4S/c1-12-16(13-6-4-7-14(10-13)24-2)17-18(26-12)20-11-21(19(17)23)9-5-8-15(22)25-3/h4,6-7,10-11H,5,8-9H2,1-3H3. The molecule has 1 aromatic carbocycles. The summed E-state index contributed by atoms with van der Waals surface area (Å²) in [5, 5.41) is 0.612. The highest BCUT2D eigenvalue weighted by atomic mass is 32.1. The summed E-state index contributed by atoms with van der Waals surface area (Å²) in [7, 11) is 2.98. The number of aryl methyl sites for hydroxylation is 2. The molecule has 136 valence electrons. The van der Waals surface area contributed by atoms with E-state index >= 15 is 0 Å². The summed E-state index contributed by atoms with van der Waals surface area (Å²) in [5.41, 5.74) is 1.73. The maximum absolute atomic E-state index is 13.0. The molecule has 6 nitrogen and oxygen atoms in total. The highest BCUT2D eigenvalue weighted by molar-refractivity contribution is 7.19. The van der Waals surface area contributed by atoms with Gasteiger partial charge in [-0.3, -0.25) is 14.2 Å². The topological polar surface area (TPSA) is 70.4 Å². The number of esters is 1. The monoisotopic (exact) mass is 372 g/mol. The molecule has 0 aliphatic rings. The predicted molar refractivity (Wildman–Crippen MR) is 102 cm³/mol. The van der Waals surface area contributed by atoms with Gasteiger partial charge in [0.15, 0.2) is 0 Å². The average molecular weight is 372 g/mol. The lowest BCUT2D eigenvalue weighted by Crippen LogP contribution is -2.21. The van der Waals surface area contributed by atoms with E-state index in [-0.39, 0.29) is 17.9 Å². The Labute approximate surface area is 155 Å². The number of fused-ring (bicyclic) bond motifs is 1. The Bertz CT molecular complexity index is 1010. The number of hydrogen-bond donors (Lipinski definition) is 0. The third-order valence-electron chi connectivity index (χ3n) is 4.22. The second-order valence-electron chi connectivity index (χ2n) is 5.87.